The van der Waals surface area contributed by atoms with E-state index < -0.39 is 30.4 Å². The number of rotatable bonds is 9. The van der Waals surface area contributed by atoms with Crippen molar-refractivity contribution in [1.29, 1.82) is 0 Å². The highest BCUT2D eigenvalue weighted by Crippen LogP contribution is 2.20. The maximum atomic E-state index is 12.8. The van der Waals surface area contributed by atoms with Crippen molar-refractivity contribution in [1.82, 2.24) is 5.32 Å². The number of hydrogen-bond acceptors (Lipinski definition) is 5. The zero-order chi connectivity index (χ0) is 17.5. The molecule has 144 valence electrons. The van der Waals surface area contributed by atoms with Gasteiger partial charge in [0.1, 0.15) is 5.82 Å². The number of aliphatic hydroxyl groups is 4. The monoisotopic (exact) mass is 377 g/mol. The van der Waals surface area contributed by atoms with Gasteiger partial charge in [-0.15, -0.1) is 12.4 Å². The van der Waals surface area contributed by atoms with Crippen molar-refractivity contribution in [2.75, 3.05) is 6.61 Å². The molecule has 0 radical (unpaired) electrons. The molecule has 5 nitrogen and oxygen atoms in total. The Bertz CT molecular complexity index is 490. The van der Waals surface area contributed by atoms with Gasteiger partial charge in [-0.1, -0.05) is 31.4 Å². The van der Waals surface area contributed by atoms with E-state index >= 15 is 0 Å². The lowest BCUT2D eigenvalue weighted by atomic mass is 9.98. The van der Waals surface area contributed by atoms with Crippen molar-refractivity contribution in [2.45, 2.75) is 68.9 Å². The van der Waals surface area contributed by atoms with E-state index in [1.807, 2.05) is 0 Å². The summed E-state index contributed by atoms with van der Waals surface area (Å²) in [5.41, 5.74) is 1.12. The maximum Gasteiger partial charge on any atom is 0.123 e. The van der Waals surface area contributed by atoms with Crippen molar-refractivity contribution < 1.29 is 24.8 Å². The number of aryl methyl sites for hydroxylation is 1. The molecule has 0 saturated carbocycles. The minimum atomic E-state index is -1.06. The van der Waals surface area contributed by atoms with E-state index in [1.165, 1.54) is 12.1 Å². The molecule has 5 atom stereocenters. The Hall–Kier alpha value is -0.760. The lowest BCUT2D eigenvalue weighted by Gasteiger charge is -2.22. The fourth-order valence-electron chi connectivity index (χ4n) is 3.26. The molecular formula is C18H29ClFNO4. The fourth-order valence-corrected chi connectivity index (χ4v) is 3.26. The molecule has 0 aliphatic carbocycles. The minimum Gasteiger partial charge on any atom is -0.395 e. The van der Waals surface area contributed by atoms with Crippen molar-refractivity contribution in [3.8, 4) is 0 Å². The molecule has 1 aromatic rings. The van der Waals surface area contributed by atoms with Crippen LogP contribution in [0.15, 0.2) is 24.3 Å². The summed E-state index contributed by atoms with van der Waals surface area (Å²) in [6, 6.07) is 5.36. The van der Waals surface area contributed by atoms with Crippen molar-refractivity contribution in [3.63, 3.8) is 0 Å². The van der Waals surface area contributed by atoms with Crippen molar-refractivity contribution in [2.24, 2.45) is 0 Å². The molecule has 1 heterocycles. The van der Waals surface area contributed by atoms with Crippen LogP contribution in [0.2, 0.25) is 0 Å². The summed E-state index contributed by atoms with van der Waals surface area (Å²) >= 11 is 0. The Labute approximate surface area is 154 Å². The lowest BCUT2D eigenvalue weighted by Crippen LogP contribution is -2.44. The van der Waals surface area contributed by atoms with Gasteiger partial charge in [0.15, 0.2) is 0 Å². The molecule has 0 unspecified atom stereocenters. The van der Waals surface area contributed by atoms with Gasteiger partial charge in [0.05, 0.1) is 37.0 Å². The zero-order valence-electron chi connectivity index (χ0n) is 14.2. The molecule has 2 rings (SSSR count). The van der Waals surface area contributed by atoms with E-state index in [0.29, 0.717) is 6.42 Å². The first-order valence-electron chi connectivity index (χ1n) is 8.68. The highest BCUT2D eigenvalue weighted by molar-refractivity contribution is 5.85. The predicted octanol–water partition coefficient (Wildman–Crippen LogP) is 1.16. The third-order valence-electron chi connectivity index (χ3n) is 4.78. The molecule has 0 bridgehead atoms. The smallest absolute Gasteiger partial charge is 0.123 e. The van der Waals surface area contributed by atoms with Crippen LogP contribution in [-0.2, 0) is 6.42 Å². The van der Waals surface area contributed by atoms with Crippen LogP contribution in [0.4, 0.5) is 4.39 Å². The van der Waals surface area contributed by atoms with Gasteiger partial charge in [0, 0.05) is 0 Å². The van der Waals surface area contributed by atoms with E-state index in [1.54, 1.807) is 12.1 Å². The molecule has 25 heavy (non-hydrogen) atoms. The number of unbranched alkanes of at least 4 members (excludes halogenated alkanes) is 3. The van der Waals surface area contributed by atoms with Crippen molar-refractivity contribution in [3.05, 3.63) is 35.6 Å². The van der Waals surface area contributed by atoms with E-state index in [2.05, 4.69) is 5.32 Å². The van der Waals surface area contributed by atoms with E-state index in [9.17, 15) is 19.7 Å². The summed E-state index contributed by atoms with van der Waals surface area (Å²) in [5.74, 6) is -0.219. The second kappa shape index (κ2) is 11.1. The molecule has 1 aromatic carbocycles. The number of hydrogen-bond donors (Lipinski definition) is 5. The predicted molar refractivity (Wildman–Crippen MR) is 96.3 cm³/mol. The number of benzene rings is 1. The largest absolute Gasteiger partial charge is 0.395 e. The fraction of sp³-hybridized carbons (Fsp3) is 0.667. The maximum absolute atomic E-state index is 12.8. The van der Waals surface area contributed by atoms with E-state index in [4.69, 9.17) is 5.11 Å². The number of aliphatic hydroxyl groups excluding tert-OH is 4. The van der Waals surface area contributed by atoms with Gasteiger partial charge in [-0.05, 0) is 37.0 Å². The molecule has 1 aliphatic heterocycles. The first kappa shape index (κ1) is 22.3. The summed E-state index contributed by atoms with van der Waals surface area (Å²) in [7, 11) is 0. The molecule has 5 N–H and O–H groups in total. The minimum absolute atomic E-state index is 0. The second-order valence-corrected chi connectivity index (χ2v) is 6.61. The Morgan fingerprint density at radius 1 is 1.00 bits per heavy atom. The first-order chi connectivity index (χ1) is 11.5. The van der Waals surface area contributed by atoms with Crippen LogP contribution in [0, 0.1) is 5.82 Å². The second-order valence-electron chi connectivity index (χ2n) is 6.61. The molecule has 1 saturated heterocycles. The van der Waals surface area contributed by atoms with Gasteiger partial charge in [0.2, 0.25) is 0 Å². The van der Waals surface area contributed by atoms with Gasteiger partial charge in [-0.2, -0.15) is 0 Å². The third-order valence-corrected chi connectivity index (χ3v) is 4.78. The quantitative estimate of drug-likeness (QED) is 0.416. The van der Waals surface area contributed by atoms with Crippen LogP contribution in [0.1, 0.15) is 37.7 Å². The standard InChI is InChI=1S/C18H28FNO4.ClH/c19-13-9-7-12(8-10-13)5-3-1-2-4-6-15(22)16-18(24)17(23)14(11-21)20-16;/h7-10,14-18,20-24H,1-6,11H2;1H/t14-,15+,16-,17-,18-;/m0./s1. The van der Waals surface area contributed by atoms with Crippen LogP contribution >= 0.6 is 12.4 Å². The molecule has 1 fully saturated rings. The molecule has 7 heteroatoms. The Morgan fingerprint density at radius 3 is 2.24 bits per heavy atom. The van der Waals surface area contributed by atoms with Gasteiger partial charge < -0.3 is 25.7 Å². The molecule has 0 amide bonds. The van der Waals surface area contributed by atoms with Gasteiger partial charge >= 0.3 is 0 Å². The molecular weight excluding hydrogens is 349 g/mol. The summed E-state index contributed by atoms with van der Waals surface area (Å²) in [5, 5.41) is 41.8. The Kier molecular flexibility index (Phi) is 9.86. The van der Waals surface area contributed by atoms with Crippen molar-refractivity contribution >= 4 is 12.4 Å². The summed E-state index contributed by atoms with van der Waals surface area (Å²) in [6.07, 6.45) is 2.42. The van der Waals surface area contributed by atoms with Gasteiger partial charge in [-0.25, -0.2) is 4.39 Å². The first-order valence-corrected chi connectivity index (χ1v) is 8.68. The molecule has 0 aromatic heterocycles. The van der Waals surface area contributed by atoms with Crippen LogP contribution in [0.25, 0.3) is 0 Å². The van der Waals surface area contributed by atoms with Crippen LogP contribution in [0.5, 0.6) is 0 Å². The average molecular weight is 378 g/mol. The van der Waals surface area contributed by atoms with Gasteiger partial charge in [0.25, 0.3) is 0 Å². The van der Waals surface area contributed by atoms with E-state index in [-0.39, 0.29) is 24.8 Å². The highest BCUT2D eigenvalue weighted by Gasteiger charge is 2.43. The van der Waals surface area contributed by atoms with Crippen LogP contribution in [-0.4, -0.2) is 57.4 Å². The number of nitrogens with one attached hydrogen (secondary N) is 1. The van der Waals surface area contributed by atoms with Crippen LogP contribution < -0.4 is 5.32 Å². The SMILES string of the molecule is Cl.OC[C@@H]1N[C@@H]([C@H](O)CCCCCCc2ccc(F)cc2)[C@H](O)[C@H]1O. The lowest BCUT2D eigenvalue weighted by molar-refractivity contribution is -0.00443. The van der Waals surface area contributed by atoms with E-state index in [0.717, 1.165) is 37.7 Å². The molecule has 0 spiro atoms. The Morgan fingerprint density at radius 2 is 1.64 bits per heavy atom. The summed E-state index contributed by atoms with van der Waals surface area (Å²) in [4.78, 5) is 0. The topological polar surface area (TPSA) is 93.0 Å². The van der Waals surface area contributed by atoms with Crippen LogP contribution in [0.3, 0.4) is 0 Å². The summed E-state index contributed by atoms with van der Waals surface area (Å²) in [6.45, 7) is -0.273. The molecule has 1 aliphatic rings. The third kappa shape index (κ3) is 6.47. The average Bonchev–Trinajstić information content (AvgIpc) is 2.87. The van der Waals surface area contributed by atoms with Gasteiger partial charge in [-0.3, -0.25) is 0 Å². The normalized spacial score (nSPS) is 27.1. The zero-order valence-corrected chi connectivity index (χ0v) is 15.0. The highest BCUT2D eigenvalue weighted by atomic mass is 35.5. The number of halogens is 2. The summed E-state index contributed by atoms with van der Waals surface area (Å²) < 4.78 is 12.8. The Balaban J connectivity index is 0.00000312.